The second kappa shape index (κ2) is 8.64. The van der Waals surface area contributed by atoms with Gasteiger partial charge in [0.15, 0.2) is 0 Å². The van der Waals surface area contributed by atoms with Gasteiger partial charge in [0.2, 0.25) is 11.8 Å². The number of hydrogen-bond donors (Lipinski definition) is 2. The summed E-state index contributed by atoms with van der Waals surface area (Å²) in [5.74, 6) is -0.561. The highest BCUT2D eigenvalue weighted by Gasteiger charge is 2.31. The Kier molecular flexibility index (Phi) is 7.19. The molecule has 2 N–H and O–H groups in total. The van der Waals surface area contributed by atoms with E-state index in [-0.39, 0.29) is 42.8 Å². The van der Waals surface area contributed by atoms with E-state index < -0.39 is 6.04 Å². The van der Waals surface area contributed by atoms with Crippen molar-refractivity contribution in [3.8, 4) is 0 Å². The molecule has 0 heterocycles. The lowest BCUT2D eigenvalue weighted by molar-refractivity contribution is -0.147. The van der Waals surface area contributed by atoms with Crippen LogP contribution in [0.3, 0.4) is 0 Å². The lowest BCUT2D eigenvalue weighted by Crippen LogP contribution is -2.50. The van der Waals surface area contributed by atoms with E-state index in [0.717, 1.165) is 25.7 Å². The second-order valence-electron chi connectivity index (χ2n) is 5.80. The second-order valence-corrected chi connectivity index (χ2v) is 5.80. The summed E-state index contributed by atoms with van der Waals surface area (Å²) in [5.41, 5.74) is 0. The molecule has 1 atom stereocenters. The lowest BCUT2D eigenvalue weighted by Gasteiger charge is -2.23. The number of amides is 2. The smallest absolute Gasteiger partial charge is 0.307 e. The summed E-state index contributed by atoms with van der Waals surface area (Å²) in [7, 11) is 0. The van der Waals surface area contributed by atoms with E-state index in [2.05, 4.69) is 10.6 Å². The third-order valence-corrected chi connectivity index (χ3v) is 3.51. The number of ether oxygens (including phenoxy) is 1. The van der Waals surface area contributed by atoms with E-state index in [4.69, 9.17) is 4.74 Å². The van der Waals surface area contributed by atoms with E-state index >= 15 is 0 Å². The molecule has 0 bridgehead atoms. The molecule has 6 nitrogen and oxygen atoms in total. The van der Waals surface area contributed by atoms with Gasteiger partial charge in [-0.25, -0.2) is 0 Å². The predicted molar refractivity (Wildman–Crippen MR) is 78.4 cm³/mol. The van der Waals surface area contributed by atoms with Crippen LogP contribution in [0.1, 0.15) is 52.9 Å². The van der Waals surface area contributed by atoms with Gasteiger partial charge in [0.25, 0.3) is 0 Å². The zero-order valence-electron chi connectivity index (χ0n) is 13.1. The molecular formula is C15H26N2O4. The van der Waals surface area contributed by atoms with Crippen molar-refractivity contribution in [1.82, 2.24) is 10.6 Å². The Morgan fingerprint density at radius 3 is 2.33 bits per heavy atom. The summed E-state index contributed by atoms with van der Waals surface area (Å²) < 4.78 is 5.00. The number of esters is 1. The molecule has 0 aliphatic heterocycles. The molecule has 21 heavy (non-hydrogen) atoms. The number of carbonyl (C=O) groups excluding carboxylic acids is 3. The fourth-order valence-corrected chi connectivity index (χ4v) is 2.63. The van der Waals surface area contributed by atoms with Crippen LogP contribution < -0.4 is 10.6 Å². The predicted octanol–water partition coefficient (Wildman–Crippen LogP) is 1.14. The lowest BCUT2D eigenvalue weighted by atomic mass is 9.97. The Morgan fingerprint density at radius 2 is 1.81 bits per heavy atom. The first-order valence-electron chi connectivity index (χ1n) is 7.64. The molecule has 0 radical (unpaired) electrons. The molecule has 0 spiro atoms. The first-order chi connectivity index (χ1) is 9.90. The fourth-order valence-electron chi connectivity index (χ4n) is 2.63. The fraction of sp³-hybridized carbons (Fsp3) is 0.800. The van der Waals surface area contributed by atoms with Crippen LogP contribution in [0.15, 0.2) is 0 Å². The molecule has 1 unspecified atom stereocenters. The van der Waals surface area contributed by atoms with Gasteiger partial charge in [-0.15, -0.1) is 0 Å². The van der Waals surface area contributed by atoms with Gasteiger partial charge in [0.1, 0.15) is 6.04 Å². The molecule has 120 valence electrons. The van der Waals surface area contributed by atoms with E-state index in [9.17, 15) is 14.4 Å². The van der Waals surface area contributed by atoms with Gasteiger partial charge in [-0.3, -0.25) is 14.4 Å². The molecule has 1 aliphatic carbocycles. The zero-order chi connectivity index (χ0) is 15.8. The van der Waals surface area contributed by atoms with Crippen molar-refractivity contribution in [3.63, 3.8) is 0 Å². The number of hydrogen-bond acceptors (Lipinski definition) is 4. The first-order valence-corrected chi connectivity index (χ1v) is 7.64. The average molecular weight is 298 g/mol. The van der Waals surface area contributed by atoms with Crippen LogP contribution in [0.2, 0.25) is 0 Å². The van der Waals surface area contributed by atoms with E-state index in [1.165, 1.54) is 6.92 Å². The van der Waals surface area contributed by atoms with Crippen LogP contribution in [0.5, 0.6) is 0 Å². The van der Waals surface area contributed by atoms with Crippen molar-refractivity contribution >= 4 is 17.8 Å². The third-order valence-electron chi connectivity index (χ3n) is 3.51. The van der Waals surface area contributed by atoms with E-state index in [0.29, 0.717) is 0 Å². The van der Waals surface area contributed by atoms with E-state index in [1.807, 2.05) is 0 Å². The minimum absolute atomic E-state index is 0.140. The third kappa shape index (κ3) is 6.60. The summed E-state index contributed by atoms with van der Waals surface area (Å²) in [6.45, 7) is 5.20. The standard InChI is InChI=1S/C15H26N2O4/c1-10(2)21-13(19)8-9-16-15(20)14(17-11(3)18)12-6-4-5-7-12/h10,12,14H,4-9H2,1-3H3,(H,16,20)(H,17,18). The summed E-state index contributed by atoms with van der Waals surface area (Å²) in [6, 6.07) is -0.494. The number of rotatable bonds is 7. The van der Waals surface area contributed by atoms with Crippen molar-refractivity contribution in [2.24, 2.45) is 5.92 Å². The maximum atomic E-state index is 12.2. The molecular weight excluding hydrogens is 272 g/mol. The van der Waals surface area contributed by atoms with Gasteiger partial charge in [-0.2, -0.15) is 0 Å². The molecule has 2 amide bonds. The molecule has 1 aliphatic rings. The van der Waals surface area contributed by atoms with Gasteiger partial charge in [-0.05, 0) is 32.6 Å². The van der Waals surface area contributed by atoms with Crippen LogP contribution in [0.4, 0.5) is 0 Å². The van der Waals surface area contributed by atoms with Crippen molar-refractivity contribution < 1.29 is 19.1 Å². The zero-order valence-corrected chi connectivity index (χ0v) is 13.1. The highest BCUT2D eigenvalue weighted by atomic mass is 16.5. The summed E-state index contributed by atoms with van der Waals surface area (Å²) in [6.07, 6.45) is 4.07. The van der Waals surface area contributed by atoms with Crippen LogP contribution in [0, 0.1) is 5.92 Å². The molecule has 1 fully saturated rings. The molecule has 0 aromatic carbocycles. The van der Waals surface area contributed by atoms with Gasteiger partial charge in [0, 0.05) is 13.5 Å². The van der Waals surface area contributed by atoms with Gasteiger partial charge in [0.05, 0.1) is 12.5 Å². The molecule has 1 rings (SSSR count). The summed E-state index contributed by atoms with van der Waals surface area (Å²) in [5, 5.41) is 5.44. The minimum Gasteiger partial charge on any atom is -0.463 e. The normalized spacial score (nSPS) is 16.6. The maximum Gasteiger partial charge on any atom is 0.307 e. The van der Waals surface area contributed by atoms with Gasteiger partial charge >= 0.3 is 5.97 Å². The number of nitrogens with one attached hydrogen (secondary N) is 2. The Morgan fingerprint density at radius 1 is 1.19 bits per heavy atom. The van der Waals surface area contributed by atoms with Crippen LogP contribution in [0.25, 0.3) is 0 Å². The van der Waals surface area contributed by atoms with Crippen molar-refractivity contribution in [1.29, 1.82) is 0 Å². The average Bonchev–Trinajstić information content (AvgIpc) is 2.88. The van der Waals surface area contributed by atoms with Crippen molar-refractivity contribution in [2.45, 2.75) is 65.0 Å². The maximum absolute atomic E-state index is 12.2. The van der Waals surface area contributed by atoms with Crippen molar-refractivity contribution in [3.05, 3.63) is 0 Å². The highest BCUT2D eigenvalue weighted by Crippen LogP contribution is 2.27. The van der Waals surface area contributed by atoms with E-state index in [1.54, 1.807) is 13.8 Å². The monoisotopic (exact) mass is 298 g/mol. The largest absolute Gasteiger partial charge is 0.463 e. The topological polar surface area (TPSA) is 84.5 Å². The summed E-state index contributed by atoms with van der Waals surface area (Å²) >= 11 is 0. The van der Waals surface area contributed by atoms with Gasteiger partial charge < -0.3 is 15.4 Å². The van der Waals surface area contributed by atoms with Crippen LogP contribution in [-0.4, -0.2) is 36.5 Å². The minimum atomic E-state index is -0.494. The summed E-state index contributed by atoms with van der Waals surface area (Å²) in [4.78, 5) is 34.8. The van der Waals surface area contributed by atoms with Crippen LogP contribution in [-0.2, 0) is 19.1 Å². The number of carbonyl (C=O) groups is 3. The Hall–Kier alpha value is -1.59. The SMILES string of the molecule is CC(=O)NC(C(=O)NCCC(=O)OC(C)C)C1CCCC1. The molecule has 0 aromatic rings. The molecule has 6 heteroatoms. The van der Waals surface area contributed by atoms with Crippen LogP contribution >= 0.6 is 0 Å². The van der Waals surface area contributed by atoms with Crippen molar-refractivity contribution in [2.75, 3.05) is 6.54 Å². The first kappa shape index (κ1) is 17.5. The molecule has 1 saturated carbocycles. The molecule has 0 saturated heterocycles. The highest BCUT2D eigenvalue weighted by molar-refractivity contribution is 5.87. The molecule has 0 aromatic heterocycles. The Labute approximate surface area is 126 Å². The Balaban J connectivity index is 2.41. The van der Waals surface area contributed by atoms with Gasteiger partial charge in [-0.1, -0.05) is 12.8 Å². The quantitative estimate of drug-likeness (QED) is 0.690. The Bertz CT molecular complexity index is 376.